The molecule has 1 spiro atoms. The van der Waals surface area contributed by atoms with Crippen molar-refractivity contribution in [2.75, 3.05) is 19.6 Å². The minimum Gasteiger partial charge on any atom is -0.370 e. The number of ether oxygens (including phenoxy) is 1. The summed E-state index contributed by atoms with van der Waals surface area (Å²) in [5.74, 6) is 0.744. The Hall–Kier alpha value is -0.410. The predicted molar refractivity (Wildman–Crippen MR) is 79.8 cm³/mol. The molecule has 3 heteroatoms. The third-order valence-corrected chi connectivity index (χ3v) is 5.67. The lowest BCUT2D eigenvalue weighted by Crippen LogP contribution is -2.44. The minimum atomic E-state index is 0.235. The normalized spacial score (nSPS) is 34.8. The number of carbonyl (C=O) groups excluding carboxylic acids is 1. The third-order valence-electron chi connectivity index (χ3n) is 5.67. The van der Waals surface area contributed by atoms with Crippen LogP contribution < -0.4 is 0 Å². The number of hydrogen-bond donors (Lipinski definition) is 0. The second-order valence-electron chi connectivity index (χ2n) is 7.10. The highest BCUT2D eigenvalue weighted by molar-refractivity contribution is 5.82. The fraction of sp³-hybridized carbons (Fsp3) is 0.941. The molecule has 2 heterocycles. The molecule has 0 aromatic heterocycles. The average molecular weight is 279 g/mol. The number of ketones is 1. The van der Waals surface area contributed by atoms with Crippen LogP contribution in [0.15, 0.2) is 0 Å². The number of nitrogens with zero attached hydrogens (tertiary/aromatic N) is 1. The summed E-state index contributed by atoms with van der Waals surface area (Å²) in [6, 6.07) is 0. The van der Waals surface area contributed by atoms with Gasteiger partial charge in [-0.2, -0.15) is 0 Å². The van der Waals surface area contributed by atoms with E-state index in [9.17, 15) is 4.79 Å². The minimum absolute atomic E-state index is 0.235. The van der Waals surface area contributed by atoms with E-state index < -0.39 is 0 Å². The van der Waals surface area contributed by atoms with Gasteiger partial charge in [-0.15, -0.1) is 0 Å². The van der Waals surface area contributed by atoms with Crippen LogP contribution in [-0.2, 0) is 9.53 Å². The van der Waals surface area contributed by atoms with Gasteiger partial charge in [0.15, 0.2) is 0 Å². The van der Waals surface area contributed by atoms with E-state index >= 15 is 0 Å². The summed E-state index contributed by atoms with van der Waals surface area (Å²) >= 11 is 0. The quantitative estimate of drug-likeness (QED) is 0.794. The largest absolute Gasteiger partial charge is 0.370 e. The Kier molecular flexibility index (Phi) is 4.46. The van der Waals surface area contributed by atoms with Gasteiger partial charge in [-0.1, -0.05) is 26.2 Å². The van der Waals surface area contributed by atoms with E-state index in [2.05, 4.69) is 11.8 Å². The summed E-state index contributed by atoms with van der Waals surface area (Å²) in [5.41, 5.74) is 0.235. The zero-order chi connectivity index (χ0) is 14.0. The molecule has 3 nitrogen and oxygen atoms in total. The topological polar surface area (TPSA) is 29.5 Å². The van der Waals surface area contributed by atoms with E-state index in [4.69, 9.17) is 4.74 Å². The first-order valence-corrected chi connectivity index (χ1v) is 8.64. The fourth-order valence-corrected chi connectivity index (χ4v) is 4.38. The van der Waals surface area contributed by atoms with E-state index in [1.165, 1.54) is 44.9 Å². The molecule has 3 fully saturated rings. The van der Waals surface area contributed by atoms with Crippen molar-refractivity contribution < 1.29 is 9.53 Å². The number of likely N-dealkylation sites (tertiary alicyclic amines) is 1. The summed E-state index contributed by atoms with van der Waals surface area (Å²) in [6.45, 7) is 5.09. The van der Waals surface area contributed by atoms with Gasteiger partial charge >= 0.3 is 0 Å². The fourth-order valence-electron chi connectivity index (χ4n) is 4.38. The van der Waals surface area contributed by atoms with Crippen LogP contribution in [0.5, 0.6) is 0 Å². The van der Waals surface area contributed by atoms with Crippen molar-refractivity contribution in [1.82, 2.24) is 4.90 Å². The van der Waals surface area contributed by atoms with Gasteiger partial charge in [0, 0.05) is 32.0 Å². The second-order valence-corrected chi connectivity index (χ2v) is 7.10. The Balaban J connectivity index is 1.50. The third kappa shape index (κ3) is 3.09. The van der Waals surface area contributed by atoms with Gasteiger partial charge in [-0.05, 0) is 32.1 Å². The summed E-state index contributed by atoms with van der Waals surface area (Å²) in [7, 11) is 0. The Morgan fingerprint density at radius 3 is 2.80 bits per heavy atom. The van der Waals surface area contributed by atoms with Crippen molar-refractivity contribution in [3.63, 3.8) is 0 Å². The molecule has 1 saturated carbocycles. The van der Waals surface area contributed by atoms with Gasteiger partial charge in [0.1, 0.15) is 5.78 Å². The maximum absolute atomic E-state index is 11.8. The molecule has 3 aliphatic rings. The molecule has 2 saturated heterocycles. The Bertz CT molecular complexity index is 349. The van der Waals surface area contributed by atoms with Crippen molar-refractivity contribution >= 4 is 5.78 Å². The second kappa shape index (κ2) is 6.15. The van der Waals surface area contributed by atoms with Gasteiger partial charge < -0.3 is 4.74 Å². The SMILES string of the molecule is CCC1CN(CC2CCC3(CCCCC3)O2)CCC1=O. The lowest BCUT2D eigenvalue weighted by atomic mass is 9.83. The number of piperidine rings is 1. The maximum atomic E-state index is 11.8. The molecular formula is C17H29NO2. The molecule has 114 valence electrons. The molecule has 0 radical (unpaired) electrons. The van der Waals surface area contributed by atoms with Crippen molar-refractivity contribution in [3.05, 3.63) is 0 Å². The van der Waals surface area contributed by atoms with Crippen LogP contribution in [0.1, 0.15) is 64.7 Å². The van der Waals surface area contributed by atoms with E-state index in [-0.39, 0.29) is 11.5 Å². The molecule has 0 N–H and O–H groups in total. The molecule has 0 aromatic carbocycles. The lowest BCUT2D eigenvalue weighted by molar-refractivity contribution is -0.127. The monoisotopic (exact) mass is 279 g/mol. The highest BCUT2D eigenvalue weighted by atomic mass is 16.5. The standard InChI is InChI=1S/C17H29NO2/c1-2-14-12-18(11-7-16(14)19)13-15-6-10-17(20-15)8-4-3-5-9-17/h14-15H,2-13H2,1H3. The first-order chi connectivity index (χ1) is 9.71. The van der Waals surface area contributed by atoms with Crippen LogP contribution in [0.3, 0.4) is 0 Å². The maximum Gasteiger partial charge on any atom is 0.138 e. The summed E-state index contributed by atoms with van der Waals surface area (Å²) in [4.78, 5) is 14.3. The lowest BCUT2D eigenvalue weighted by Gasteiger charge is -2.36. The Morgan fingerprint density at radius 1 is 1.25 bits per heavy atom. The smallest absolute Gasteiger partial charge is 0.138 e. The van der Waals surface area contributed by atoms with Gasteiger partial charge in [-0.3, -0.25) is 9.69 Å². The van der Waals surface area contributed by atoms with Crippen LogP contribution >= 0.6 is 0 Å². The highest BCUT2D eigenvalue weighted by Crippen LogP contribution is 2.42. The van der Waals surface area contributed by atoms with Gasteiger partial charge in [0.2, 0.25) is 0 Å². The molecule has 2 atom stereocenters. The zero-order valence-corrected chi connectivity index (χ0v) is 12.9. The molecule has 0 aromatic rings. The molecule has 0 bridgehead atoms. The van der Waals surface area contributed by atoms with E-state index in [1.807, 2.05) is 0 Å². The van der Waals surface area contributed by atoms with Gasteiger partial charge in [-0.25, -0.2) is 0 Å². The zero-order valence-electron chi connectivity index (χ0n) is 12.9. The summed E-state index contributed by atoms with van der Waals surface area (Å²) < 4.78 is 6.46. The van der Waals surface area contributed by atoms with Crippen molar-refractivity contribution in [1.29, 1.82) is 0 Å². The molecule has 0 amide bonds. The van der Waals surface area contributed by atoms with Crippen LogP contribution in [0.4, 0.5) is 0 Å². The average Bonchev–Trinajstić information content (AvgIpc) is 2.84. The van der Waals surface area contributed by atoms with Crippen LogP contribution in [0.25, 0.3) is 0 Å². The first-order valence-electron chi connectivity index (χ1n) is 8.64. The first kappa shape index (κ1) is 14.5. The summed E-state index contributed by atoms with van der Waals surface area (Å²) in [5, 5.41) is 0. The van der Waals surface area contributed by atoms with Crippen molar-refractivity contribution in [3.8, 4) is 0 Å². The van der Waals surface area contributed by atoms with Crippen LogP contribution in [-0.4, -0.2) is 42.0 Å². The summed E-state index contributed by atoms with van der Waals surface area (Å²) in [6.07, 6.45) is 11.3. The number of hydrogen-bond acceptors (Lipinski definition) is 3. The Morgan fingerprint density at radius 2 is 2.05 bits per heavy atom. The molecule has 3 rings (SSSR count). The molecule has 1 aliphatic carbocycles. The molecule has 2 aliphatic heterocycles. The Labute approximate surface area is 123 Å². The van der Waals surface area contributed by atoms with Crippen molar-refractivity contribution in [2.24, 2.45) is 5.92 Å². The van der Waals surface area contributed by atoms with Crippen molar-refractivity contribution in [2.45, 2.75) is 76.4 Å². The van der Waals surface area contributed by atoms with E-state index in [0.717, 1.165) is 32.5 Å². The molecule has 20 heavy (non-hydrogen) atoms. The molecule has 2 unspecified atom stereocenters. The number of Topliss-reactive ketones (excluding diaryl/α,β-unsaturated/α-hetero) is 1. The number of rotatable bonds is 3. The highest BCUT2D eigenvalue weighted by Gasteiger charge is 2.41. The van der Waals surface area contributed by atoms with E-state index in [1.54, 1.807) is 0 Å². The van der Waals surface area contributed by atoms with Crippen LogP contribution in [0, 0.1) is 5.92 Å². The van der Waals surface area contributed by atoms with Gasteiger partial charge in [0.05, 0.1) is 11.7 Å². The van der Waals surface area contributed by atoms with Gasteiger partial charge in [0.25, 0.3) is 0 Å². The van der Waals surface area contributed by atoms with E-state index in [0.29, 0.717) is 11.9 Å². The number of carbonyl (C=O) groups is 1. The molecular weight excluding hydrogens is 250 g/mol. The van der Waals surface area contributed by atoms with Crippen LogP contribution in [0.2, 0.25) is 0 Å². The predicted octanol–water partition coefficient (Wildman–Crippen LogP) is 3.17.